The van der Waals surface area contributed by atoms with Crippen molar-refractivity contribution in [2.24, 2.45) is 0 Å². The van der Waals surface area contributed by atoms with E-state index in [-0.39, 0.29) is 10.2 Å². The lowest BCUT2D eigenvalue weighted by atomic mass is 10.3. The molecule has 0 heterocycles. The molecule has 0 fully saturated rings. The monoisotopic (exact) mass is 317 g/mol. The summed E-state index contributed by atoms with van der Waals surface area (Å²) in [6.07, 6.45) is -4.69. The number of rotatable bonds is 1. The van der Waals surface area contributed by atoms with Crippen molar-refractivity contribution < 1.29 is 17.9 Å². The quantitative estimate of drug-likeness (QED) is 0.763. The van der Waals surface area contributed by atoms with Crippen molar-refractivity contribution >= 4 is 31.9 Å². The molecule has 1 aromatic carbocycles. The maximum absolute atomic E-state index is 11.8. The molecule has 0 aliphatic heterocycles. The minimum absolute atomic E-state index is 0.187. The molecule has 1 radical (unpaired) electrons. The van der Waals surface area contributed by atoms with Gasteiger partial charge in [0.2, 0.25) is 0 Å². The molecule has 1 aromatic rings. The number of ether oxygens (including phenoxy) is 1. The van der Waals surface area contributed by atoms with Crippen molar-refractivity contribution in [3.8, 4) is 5.75 Å². The Hall–Kier alpha value is -0.230. The molecule has 0 aliphatic carbocycles. The van der Waals surface area contributed by atoms with Crippen LogP contribution in [0.5, 0.6) is 5.75 Å². The Morgan fingerprint density at radius 2 is 1.92 bits per heavy atom. The molecule has 0 saturated carbocycles. The second kappa shape index (κ2) is 3.88. The van der Waals surface area contributed by atoms with E-state index >= 15 is 0 Å². The van der Waals surface area contributed by atoms with Gasteiger partial charge in [0, 0.05) is 10.5 Å². The summed E-state index contributed by atoms with van der Waals surface area (Å²) < 4.78 is 39.7. The summed E-state index contributed by atoms with van der Waals surface area (Å²) in [6, 6.07) is 5.19. The fourth-order valence-electron chi connectivity index (χ4n) is 0.625. The van der Waals surface area contributed by atoms with Crippen molar-refractivity contribution in [2.75, 3.05) is 0 Å². The van der Waals surface area contributed by atoms with E-state index in [0.29, 0.717) is 4.47 Å². The third-order valence-corrected chi connectivity index (χ3v) is 3.05. The van der Waals surface area contributed by atoms with Gasteiger partial charge in [-0.25, -0.2) is 0 Å². The first-order valence-corrected chi connectivity index (χ1v) is 4.60. The number of hydrogen-bond acceptors (Lipinski definition) is 1. The summed E-state index contributed by atoms with van der Waals surface area (Å²) in [5.74, 6) is -0.387. The molecule has 0 N–H and O–H groups in total. The zero-order valence-electron chi connectivity index (χ0n) is 5.95. The predicted molar refractivity (Wildman–Crippen MR) is 47.4 cm³/mol. The second-order valence-electron chi connectivity index (χ2n) is 2.02. The topological polar surface area (TPSA) is 9.23 Å². The first-order valence-electron chi connectivity index (χ1n) is 3.01. The minimum Gasteiger partial charge on any atom is -0.404 e. The number of benzene rings is 1. The highest BCUT2D eigenvalue weighted by molar-refractivity contribution is 9.13. The van der Waals surface area contributed by atoms with Crippen LogP contribution in [0, 0.1) is 6.07 Å². The van der Waals surface area contributed by atoms with Gasteiger partial charge in [0.05, 0.1) is 4.47 Å². The summed E-state index contributed by atoms with van der Waals surface area (Å²) in [4.78, 5) is 0. The SMILES string of the molecule is FC(F)(F)Oc1[c]ccc(Br)c1Br. The smallest absolute Gasteiger partial charge is 0.404 e. The Balaban J connectivity index is 2.96. The van der Waals surface area contributed by atoms with E-state index in [1.165, 1.54) is 6.07 Å². The van der Waals surface area contributed by atoms with Gasteiger partial charge in [-0.05, 0) is 44.0 Å². The van der Waals surface area contributed by atoms with Gasteiger partial charge in [-0.2, -0.15) is 0 Å². The Morgan fingerprint density at radius 1 is 1.31 bits per heavy atom. The van der Waals surface area contributed by atoms with Gasteiger partial charge in [-0.1, -0.05) is 0 Å². The van der Waals surface area contributed by atoms with E-state index < -0.39 is 6.36 Å². The van der Waals surface area contributed by atoms with E-state index in [1.807, 2.05) is 0 Å². The van der Waals surface area contributed by atoms with Crippen molar-refractivity contribution in [3.05, 3.63) is 27.1 Å². The van der Waals surface area contributed by atoms with Crippen molar-refractivity contribution in [2.45, 2.75) is 6.36 Å². The van der Waals surface area contributed by atoms with E-state index in [0.717, 1.165) is 0 Å². The van der Waals surface area contributed by atoms with Crippen LogP contribution in [0.3, 0.4) is 0 Å². The summed E-state index contributed by atoms with van der Waals surface area (Å²) in [5.41, 5.74) is 0. The molecule has 0 unspecified atom stereocenters. The lowest BCUT2D eigenvalue weighted by Gasteiger charge is -2.10. The fraction of sp³-hybridized carbons (Fsp3) is 0.143. The predicted octanol–water partition coefficient (Wildman–Crippen LogP) is 3.91. The van der Waals surface area contributed by atoms with Crippen LogP contribution in [0.25, 0.3) is 0 Å². The highest BCUT2D eigenvalue weighted by Gasteiger charge is 2.32. The Kier molecular flexibility index (Phi) is 3.23. The van der Waals surface area contributed by atoms with Crippen LogP contribution in [0.2, 0.25) is 0 Å². The van der Waals surface area contributed by atoms with Crippen LogP contribution in [-0.4, -0.2) is 6.36 Å². The average Bonchev–Trinajstić information content (AvgIpc) is 1.96. The molecule has 1 nitrogen and oxygen atoms in total. The highest BCUT2D eigenvalue weighted by atomic mass is 79.9. The van der Waals surface area contributed by atoms with Crippen molar-refractivity contribution in [1.82, 2.24) is 0 Å². The molecule has 0 atom stereocenters. The van der Waals surface area contributed by atoms with E-state index in [4.69, 9.17) is 0 Å². The first kappa shape index (κ1) is 10.8. The molecule has 6 heteroatoms. The van der Waals surface area contributed by atoms with E-state index in [1.54, 1.807) is 6.07 Å². The van der Waals surface area contributed by atoms with Crippen LogP contribution < -0.4 is 4.74 Å². The lowest BCUT2D eigenvalue weighted by molar-refractivity contribution is -0.275. The summed E-state index contributed by atoms with van der Waals surface area (Å²) >= 11 is 5.97. The van der Waals surface area contributed by atoms with Crippen LogP contribution in [0.4, 0.5) is 13.2 Å². The maximum Gasteiger partial charge on any atom is 0.573 e. The van der Waals surface area contributed by atoms with Gasteiger partial charge in [-0.3, -0.25) is 0 Å². The minimum atomic E-state index is -4.69. The standard InChI is InChI=1S/C7H2Br2F3O/c8-4-2-1-3-5(6(4)9)13-7(10,11)12/h1-2H. The van der Waals surface area contributed by atoms with Crippen LogP contribution in [-0.2, 0) is 0 Å². The van der Waals surface area contributed by atoms with Crippen LogP contribution in [0.15, 0.2) is 21.1 Å². The molecule has 71 valence electrons. The fourth-order valence-corrected chi connectivity index (χ4v) is 1.27. The summed E-state index contributed by atoms with van der Waals surface area (Å²) in [5, 5.41) is 0. The molecule has 0 amide bonds. The molecule has 0 saturated heterocycles. The Labute approximate surface area is 89.1 Å². The summed E-state index contributed by atoms with van der Waals surface area (Å²) in [6.45, 7) is 0. The Bertz CT molecular complexity index is 311. The second-order valence-corrected chi connectivity index (χ2v) is 3.66. The molecule has 0 bridgehead atoms. The zero-order valence-corrected chi connectivity index (χ0v) is 9.12. The van der Waals surface area contributed by atoms with Gasteiger partial charge in [0.25, 0.3) is 0 Å². The third-order valence-electron chi connectivity index (χ3n) is 1.07. The number of hydrogen-bond donors (Lipinski definition) is 0. The molecular weight excluding hydrogens is 317 g/mol. The lowest BCUT2D eigenvalue weighted by Crippen LogP contribution is -2.17. The molecule has 0 spiro atoms. The van der Waals surface area contributed by atoms with Gasteiger partial charge >= 0.3 is 6.36 Å². The summed E-state index contributed by atoms with van der Waals surface area (Å²) in [7, 11) is 0. The first-order chi connectivity index (χ1) is 5.90. The number of halogens is 5. The number of alkyl halides is 3. The van der Waals surface area contributed by atoms with Gasteiger partial charge in [0.15, 0.2) is 5.75 Å². The van der Waals surface area contributed by atoms with E-state index in [9.17, 15) is 13.2 Å². The van der Waals surface area contributed by atoms with Crippen molar-refractivity contribution in [1.29, 1.82) is 0 Å². The molecule has 13 heavy (non-hydrogen) atoms. The average molecular weight is 319 g/mol. The largest absolute Gasteiger partial charge is 0.573 e. The maximum atomic E-state index is 11.8. The van der Waals surface area contributed by atoms with Gasteiger partial charge in [0.1, 0.15) is 0 Å². The Morgan fingerprint density at radius 3 is 2.46 bits per heavy atom. The molecular formula is C7H2Br2F3O. The molecule has 0 aromatic heterocycles. The molecule has 0 aliphatic rings. The zero-order chi connectivity index (χ0) is 10.1. The highest BCUT2D eigenvalue weighted by Crippen LogP contribution is 2.34. The van der Waals surface area contributed by atoms with Gasteiger partial charge in [-0.15, -0.1) is 13.2 Å². The van der Waals surface area contributed by atoms with Crippen molar-refractivity contribution in [3.63, 3.8) is 0 Å². The molecule has 1 rings (SSSR count). The third kappa shape index (κ3) is 3.19. The van der Waals surface area contributed by atoms with Crippen LogP contribution >= 0.6 is 31.9 Å². The van der Waals surface area contributed by atoms with Gasteiger partial charge < -0.3 is 4.74 Å². The van der Waals surface area contributed by atoms with Crippen LogP contribution in [0.1, 0.15) is 0 Å². The normalized spacial score (nSPS) is 11.5. The van der Waals surface area contributed by atoms with E-state index in [2.05, 4.69) is 42.7 Å².